The maximum Gasteiger partial charge on any atom is 0.272 e. The molecule has 12 nitrogen and oxygen atoms in total. The summed E-state index contributed by atoms with van der Waals surface area (Å²) >= 11 is 0. The molecule has 0 aliphatic carbocycles. The van der Waals surface area contributed by atoms with E-state index in [0.717, 1.165) is 5.69 Å². The number of hydrogen-bond donors (Lipinski definition) is 4. The van der Waals surface area contributed by atoms with Crippen LogP contribution in [0.25, 0.3) is 11.2 Å². The van der Waals surface area contributed by atoms with E-state index in [9.17, 15) is 15.3 Å². The average Bonchev–Trinajstić information content (AvgIpc) is 3.24. The van der Waals surface area contributed by atoms with Gasteiger partial charge in [0.2, 0.25) is 0 Å². The predicted octanol–water partition coefficient (Wildman–Crippen LogP) is -0.301. The van der Waals surface area contributed by atoms with E-state index in [4.69, 9.17) is 10.5 Å². The summed E-state index contributed by atoms with van der Waals surface area (Å²) in [5, 5.41) is 37.5. The molecule has 1 aliphatic heterocycles. The molecule has 28 heavy (non-hydrogen) atoms. The summed E-state index contributed by atoms with van der Waals surface area (Å²) in [7, 11) is 0. The van der Waals surface area contributed by atoms with Crippen LogP contribution in [0.4, 0.5) is 11.8 Å². The van der Waals surface area contributed by atoms with Crippen LogP contribution in [-0.2, 0) is 11.3 Å². The van der Waals surface area contributed by atoms with Gasteiger partial charge in [0, 0.05) is 6.20 Å². The normalized spacial score (nSPS) is 25.1. The van der Waals surface area contributed by atoms with Crippen LogP contribution in [-0.4, -0.2) is 64.7 Å². The van der Waals surface area contributed by atoms with Gasteiger partial charge in [-0.1, -0.05) is 6.07 Å². The molecule has 0 saturated carbocycles. The average molecular weight is 386 g/mol. The van der Waals surface area contributed by atoms with Gasteiger partial charge in [0.1, 0.15) is 30.4 Å². The number of azo groups is 1. The number of pyridine rings is 1. The molecule has 0 aromatic carbocycles. The van der Waals surface area contributed by atoms with Gasteiger partial charge in [0.05, 0.1) is 18.6 Å². The summed E-state index contributed by atoms with van der Waals surface area (Å²) in [5.74, 6) is 0.0942. The third kappa shape index (κ3) is 3.29. The van der Waals surface area contributed by atoms with Crippen molar-refractivity contribution < 1.29 is 20.1 Å². The van der Waals surface area contributed by atoms with Crippen LogP contribution < -0.4 is 5.73 Å². The van der Waals surface area contributed by atoms with Crippen molar-refractivity contribution in [1.29, 1.82) is 0 Å². The van der Waals surface area contributed by atoms with E-state index >= 15 is 0 Å². The maximum atomic E-state index is 10.2. The van der Waals surface area contributed by atoms with Gasteiger partial charge in [-0.05, 0) is 12.1 Å². The number of aromatic nitrogens is 5. The van der Waals surface area contributed by atoms with Crippen molar-refractivity contribution in [3.05, 3.63) is 36.4 Å². The zero-order valence-corrected chi connectivity index (χ0v) is 14.6. The van der Waals surface area contributed by atoms with Gasteiger partial charge >= 0.3 is 0 Å². The summed E-state index contributed by atoms with van der Waals surface area (Å²) in [5.41, 5.74) is 7.22. The second-order valence-electron chi connectivity index (χ2n) is 6.18. The molecule has 3 aromatic rings. The Morgan fingerprint density at radius 3 is 2.75 bits per heavy atom. The predicted molar refractivity (Wildman–Crippen MR) is 95.2 cm³/mol. The molecule has 12 heteroatoms. The molecule has 3 aromatic heterocycles. The molecule has 1 saturated heterocycles. The Hall–Kier alpha value is -3.06. The fraction of sp³-hybridized carbons (Fsp3) is 0.375. The Bertz CT molecular complexity index is 995. The van der Waals surface area contributed by atoms with Crippen LogP contribution in [0.3, 0.4) is 0 Å². The van der Waals surface area contributed by atoms with E-state index in [1.54, 1.807) is 12.3 Å². The third-order valence-electron chi connectivity index (χ3n) is 4.35. The zero-order chi connectivity index (χ0) is 19.7. The molecular weight excluding hydrogens is 368 g/mol. The van der Waals surface area contributed by atoms with Crippen LogP contribution in [0.2, 0.25) is 0 Å². The van der Waals surface area contributed by atoms with Gasteiger partial charge < -0.3 is 25.8 Å². The van der Waals surface area contributed by atoms with Gasteiger partial charge in [-0.25, -0.2) is 4.98 Å². The number of aliphatic hydroxyl groups is 3. The lowest BCUT2D eigenvalue weighted by Gasteiger charge is -2.16. The second kappa shape index (κ2) is 7.52. The highest BCUT2D eigenvalue weighted by Gasteiger charge is 2.44. The van der Waals surface area contributed by atoms with E-state index < -0.39 is 31.1 Å². The van der Waals surface area contributed by atoms with Gasteiger partial charge in [0.15, 0.2) is 17.7 Å². The highest BCUT2D eigenvalue weighted by Crippen LogP contribution is 2.32. The first-order valence-electron chi connectivity index (χ1n) is 8.48. The third-order valence-corrected chi connectivity index (χ3v) is 4.35. The Morgan fingerprint density at radius 1 is 1.18 bits per heavy atom. The number of nitrogens with zero attached hydrogens (tertiary/aromatic N) is 7. The lowest BCUT2D eigenvalue weighted by Crippen LogP contribution is -2.33. The van der Waals surface area contributed by atoms with Gasteiger partial charge in [-0.2, -0.15) is 15.1 Å². The Labute approximate surface area is 158 Å². The number of nitrogen functional groups attached to an aromatic ring is 1. The molecule has 146 valence electrons. The Morgan fingerprint density at radius 2 is 2.04 bits per heavy atom. The first-order chi connectivity index (χ1) is 13.6. The van der Waals surface area contributed by atoms with Crippen molar-refractivity contribution in [1.82, 2.24) is 24.5 Å². The minimum atomic E-state index is -1.28. The molecule has 0 bridgehead atoms. The van der Waals surface area contributed by atoms with Crippen molar-refractivity contribution in [2.45, 2.75) is 31.1 Å². The van der Waals surface area contributed by atoms with Crippen molar-refractivity contribution >= 4 is 22.9 Å². The SMILES string of the molecule is Nc1nc(N=NCc2ccccn2)nc2c1ncn2[C@@H]1O[C@H](CO)C(O)C1O. The smallest absolute Gasteiger partial charge is 0.272 e. The summed E-state index contributed by atoms with van der Waals surface area (Å²) in [6.07, 6.45) is -1.42. The molecule has 4 atom stereocenters. The quantitative estimate of drug-likeness (QED) is 0.428. The molecule has 0 amide bonds. The molecule has 5 N–H and O–H groups in total. The van der Waals surface area contributed by atoms with Gasteiger partial charge in [0.25, 0.3) is 5.95 Å². The molecule has 1 aliphatic rings. The lowest BCUT2D eigenvalue weighted by atomic mass is 10.1. The lowest BCUT2D eigenvalue weighted by molar-refractivity contribution is -0.0511. The minimum Gasteiger partial charge on any atom is -0.394 e. The number of ether oxygens (including phenoxy) is 1. The summed E-state index contributed by atoms with van der Waals surface area (Å²) < 4.78 is 6.93. The fourth-order valence-electron chi connectivity index (χ4n) is 2.93. The largest absolute Gasteiger partial charge is 0.394 e. The highest BCUT2D eigenvalue weighted by molar-refractivity contribution is 5.82. The topological polar surface area (TPSA) is 177 Å². The standard InChI is InChI=1S/C16H18N8O4/c17-13-10-14(22-16(21-13)23-20-5-8-3-1-2-4-18-8)24(7-19-10)15-12(27)11(26)9(6-25)28-15/h1-4,7,9,11-12,15,25-27H,5-6H2,(H2,17,21,22)/t9-,11?,12?,15-/m1/s1. The summed E-state index contributed by atoms with van der Waals surface area (Å²) in [6.45, 7) is -0.193. The molecule has 4 heterocycles. The van der Waals surface area contributed by atoms with Crippen LogP contribution in [0, 0.1) is 0 Å². The van der Waals surface area contributed by atoms with Crippen molar-refractivity contribution in [3.63, 3.8) is 0 Å². The number of imidazole rings is 1. The number of hydrogen-bond acceptors (Lipinski definition) is 11. The van der Waals surface area contributed by atoms with Crippen LogP contribution in [0.1, 0.15) is 11.9 Å². The van der Waals surface area contributed by atoms with Gasteiger partial charge in [-0.15, -0.1) is 5.11 Å². The molecule has 0 radical (unpaired) electrons. The van der Waals surface area contributed by atoms with Crippen molar-refractivity contribution in [2.24, 2.45) is 10.2 Å². The van der Waals surface area contributed by atoms with Gasteiger partial charge in [-0.3, -0.25) is 9.55 Å². The van der Waals surface area contributed by atoms with E-state index in [0.29, 0.717) is 5.52 Å². The first kappa shape index (κ1) is 18.3. The maximum absolute atomic E-state index is 10.2. The monoisotopic (exact) mass is 386 g/mol. The minimum absolute atomic E-state index is 0.00873. The number of rotatable bonds is 5. The number of anilines is 1. The fourth-order valence-corrected chi connectivity index (χ4v) is 2.93. The van der Waals surface area contributed by atoms with Crippen molar-refractivity contribution in [2.75, 3.05) is 12.3 Å². The zero-order valence-electron chi connectivity index (χ0n) is 14.6. The first-order valence-corrected chi connectivity index (χ1v) is 8.48. The highest BCUT2D eigenvalue weighted by atomic mass is 16.6. The van der Waals surface area contributed by atoms with Crippen LogP contribution in [0.15, 0.2) is 41.0 Å². The number of aliphatic hydroxyl groups excluding tert-OH is 3. The molecule has 1 fully saturated rings. The number of fused-ring (bicyclic) bond motifs is 1. The summed E-state index contributed by atoms with van der Waals surface area (Å²) in [4.78, 5) is 16.6. The van der Waals surface area contributed by atoms with E-state index in [2.05, 4.69) is 30.2 Å². The molecule has 0 spiro atoms. The summed E-state index contributed by atoms with van der Waals surface area (Å²) in [6, 6.07) is 5.46. The van der Waals surface area contributed by atoms with Crippen molar-refractivity contribution in [3.8, 4) is 0 Å². The van der Waals surface area contributed by atoms with E-state index in [-0.39, 0.29) is 24.0 Å². The van der Waals surface area contributed by atoms with E-state index in [1.807, 2.05) is 12.1 Å². The Kier molecular flexibility index (Phi) is 4.92. The second-order valence-corrected chi connectivity index (χ2v) is 6.18. The molecule has 4 rings (SSSR count). The van der Waals surface area contributed by atoms with Crippen LogP contribution >= 0.6 is 0 Å². The van der Waals surface area contributed by atoms with E-state index in [1.165, 1.54) is 10.9 Å². The number of nitrogens with two attached hydrogens (primary N) is 1. The molecular formula is C16H18N8O4. The Balaban J connectivity index is 1.63. The van der Waals surface area contributed by atoms with Crippen LogP contribution in [0.5, 0.6) is 0 Å². The molecule has 2 unspecified atom stereocenters.